The molecule has 3 nitrogen and oxygen atoms in total. The van der Waals surface area contributed by atoms with E-state index >= 15 is 0 Å². The molecule has 0 heterocycles. The predicted octanol–water partition coefficient (Wildman–Crippen LogP) is 5.07. The zero-order chi connectivity index (χ0) is 18.6. The molecular formula is C21H34O3. The van der Waals surface area contributed by atoms with E-state index in [4.69, 9.17) is 15.9 Å². The second kappa shape index (κ2) is 11.9. The number of carbonyl (C=O) groups is 1. The van der Waals surface area contributed by atoms with Crippen LogP contribution in [0.2, 0.25) is 0 Å². The quantitative estimate of drug-likeness (QED) is 0.229. The van der Waals surface area contributed by atoms with Crippen LogP contribution in [0.25, 0.3) is 0 Å². The molecule has 0 aliphatic carbocycles. The molecule has 0 aromatic carbocycles. The number of hydrogen-bond donors (Lipinski definition) is 0. The number of rotatable bonds is 11. The van der Waals surface area contributed by atoms with E-state index in [0.717, 1.165) is 31.3 Å². The van der Waals surface area contributed by atoms with Crippen LogP contribution in [0.5, 0.6) is 0 Å². The average Bonchev–Trinajstić information content (AvgIpc) is 2.43. The van der Waals surface area contributed by atoms with Crippen LogP contribution < -0.4 is 0 Å². The summed E-state index contributed by atoms with van der Waals surface area (Å²) in [6.07, 6.45) is 15.0. The Bertz CT molecular complexity index is 464. The van der Waals surface area contributed by atoms with Gasteiger partial charge in [-0.15, -0.1) is 6.42 Å². The molecule has 0 aromatic heterocycles. The van der Waals surface area contributed by atoms with Crippen molar-refractivity contribution in [2.24, 2.45) is 5.92 Å². The lowest BCUT2D eigenvalue weighted by Crippen LogP contribution is -2.24. The minimum absolute atomic E-state index is 0.0839. The van der Waals surface area contributed by atoms with Gasteiger partial charge in [-0.05, 0) is 59.0 Å². The van der Waals surface area contributed by atoms with Crippen molar-refractivity contribution in [1.82, 2.24) is 0 Å². The molecule has 0 N–H and O–H groups in total. The molecular weight excluding hydrogens is 300 g/mol. The zero-order valence-electron chi connectivity index (χ0n) is 16.2. The fourth-order valence-corrected chi connectivity index (χ4v) is 2.29. The Morgan fingerprint density at radius 3 is 2.54 bits per heavy atom. The number of allylic oxidation sites excluding steroid dienone is 3. The standard InChI is InChI=1S/C21H34O3/c1-8-15-23-21(6,7)14-10-13-18(4)11-9-12-19(5)16-20(22)24-17(2)3/h1,9,12,16-18H,10-11,13-15H2,2-7H3/b12-9+,19-16+. The van der Waals surface area contributed by atoms with Crippen molar-refractivity contribution in [3.63, 3.8) is 0 Å². The fourth-order valence-electron chi connectivity index (χ4n) is 2.29. The van der Waals surface area contributed by atoms with E-state index in [2.05, 4.69) is 32.8 Å². The smallest absolute Gasteiger partial charge is 0.331 e. The molecule has 0 aliphatic rings. The van der Waals surface area contributed by atoms with Crippen LogP contribution in [-0.2, 0) is 14.3 Å². The molecule has 0 amide bonds. The molecule has 0 radical (unpaired) electrons. The van der Waals surface area contributed by atoms with Crippen molar-refractivity contribution in [2.75, 3.05) is 6.61 Å². The number of ether oxygens (including phenoxy) is 2. The van der Waals surface area contributed by atoms with Crippen molar-refractivity contribution in [3.8, 4) is 12.3 Å². The SMILES string of the molecule is C#CCOC(C)(C)CCCC(C)C/C=C/C(C)=C/C(=O)OC(C)C. The van der Waals surface area contributed by atoms with Gasteiger partial charge >= 0.3 is 5.97 Å². The number of esters is 1. The van der Waals surface area contributed by atoms with Gasteiger partial charge in [-0.1, -0.05) is 37.8 Å². The summed E-state index contributed by atoms with van der Waals surface area (Å²) < 4.78 is 10.7. The molecule has 0 saturated heterocycles. The van der Waals surface area contributed by atoms with E-state index < -0.39 is 0 Å². The molecule has 0 aromatic rings. The second-order valence-electron chi connectivity index (χ2n) is 7.26. The van der Waals surface area contributed by atoms with E-state index in [1.807, 2.05) is 26.8 Å². The van der Waals surface area contributed by atoms with E-state index in [0.29, 0.717) is 12.5 Å². The van der Waals surface area contributed by atoms with Crippen molar-refractivity contribution >= 4 is 5.97 Å². The summed E-state index contributed by atoms with van der Waals surface area (Å²) in [7, 11) is 0. The molecule has 1 unspecified atom stereocenters. The van der Waals surface area contributed by atoms with Crippen molar-refractivity contribution in [3.05, 3.63) is 23.8 Å². The fraction of sp³-hybridized carbons (Fsp3) is 0.667. The molecule has 0 bridgehead atoms. The maximum Gasteiger partial charge on any atom is 0.331 e. The maximum absolute atomic E-state index is 11.5. The Morgan fingerprint density at radius 1 is 1.29 bits per heavy atom. The van der Waals surface area contributed by atoms with Crippen molar-refractivity contribution < 1.29 is 14.3 Å². The highest BCUT2D eigenvalue weighted by Gasteiger charge is 2.17. The molecule has 0 spiro atoms. The van der Waals surface area contributed by atoms with Gasteiger partial charge in [0.1, 0.15) is 6.61 Å². The van der Waals surface area contributed by atoms with Crippen LogP contribution in [0.1, 0.15) is 67.2 Å². The first-order chi connectivity index (χ1) is 11.2. The van der Waals surface area contributed by atoms with Gasteiger partial charge in [0.15, 0.2) is 0 Å². The van der Waals surface area contributed by atoms with Gasteiger partial charge in [-0.3, -0.25) is 0 Å². The molecule has 0 aliphatic heterocycles. The Labute approximate surface area is 148 Å². The highest BCUT2D eigenvalue weighted by molar-refractivity contribution is 5.83. The second-order valence-corrected chi connectivity index (χ2v) is 7.26. The number of carbonyl (C=O) groups excluding carboxylic acids is 1. The number of terminal acetylenes is 1. The summed E-state index contributed by atoms with van der Waals surface area (Å²) >= 11 is 0. The summed E-state index contributed by atoms with van der Waals surface area (Å²) in [6.45, 7) is 12.4. The lowest BCUT2D eigenvalue weighted by molar-refractivity contribution is -0.141. The Balaban J connectivity index is 4.08. The highest BCUT2D eigenvalue weighted by Crippen LogP contribution is 2.21. The Morgan fingerprint density at radius 2 is 1.96 bits per heavy atom. The van der Waals surface area contributed by atoms with Crippen molar-refractivity contribution in [2.45, 2.75) is 78.9 Å². The van der Waals surface area contributed by atoms with Crippen LogP contribution in [0.4, 0.5) is 0 Å². The monoisotopic (exact) mass is 334 g/mol. The van der Waals surface area contributed by atoms with E-state index in [-0.39, 0.29) is 17.7 Å². The highest BCUT2D eigenvalue weighted by atomic mass is 16.5. The third-order valence-electron chi connectivity index (χ3n) is 3.64. The van der Waals surface area contributed by atoms with Gasteiger partial charge in [0, 0.05) is 6.08 Å². The average molecular weight is 335 g/mol. The first-order valence-electron chi connectivity index (χ1n) is 8.79. The summed E-state index contributed by atoms with van der Waals surface area (Å²) in [6, 6.07) is 0. The topological polar surface area (TPSA) is 35.5 Å². The molecule has 0 rings (SSSR count). The van der Waals surface area contributed by atoms with Gasteiger partial charge in [-0.2, -0.15) is 0 Å². The van der Waals surface area contributed by atoms with Crippen LogP contribution in [0.3, 0.4) is 0 Å². The molecule has 1 atom stereocenters. The van der Waals surface area contributed by atoms with Gasteiger partial charge in [0.2, 0.25) is 0 Å². The minimum Gasteiger partial charge on any atom is -0.460 e. The normalized spacial score (nSPS) is 14.0. The Hall–Kier alpha value is -1.53. The molecule has 0 saturated carbocycles. The van der Waals surface area contributed by atoms with Crippen LogP contribution in [0.15, 0.2) is 23.8 Å². The van der Waals surface area contributed by atoms with Gasteiger partial charge in [0.05, 0.1) is 11.7 Å². The largest absolute Gasteiger partial charge is 0.460 e. The zero-order valence-corrected chi connectivity index (χ0v) is 16.2. The lowest BCUT2D eigenvalue weighted by atomic mass is 9.94. The van der Waals surface area contributed by atoms with Gasteiger partial charge in [0.25, 0.3) is 0 Å². The summed E-state index contributed by atoms with van der Waals surface area (Å²) in [5, 5.41) is 0. The first-order valence-corrected chi connectivity index (χ1v) is 8.79. The lowest BCUT2D eigenvalue weighted by Gasteiger charge is -2.24. The van der Waals surface area contributed by atoms with Crippen LogP contribution >= 0.6 is 0 Å². The Kier molecular flexibility index (Phi) is 11.2. The molecule has 136 valence electrons. The summed E-state index contributed by atoms with van der Waals surface area (Å²) in [4.78, 5) is 11.5. The van der Waals surface area contributed by atoms with Crippen molar-refractivity contribution in [1.29, 1.82) is 0 Å². The molecule has 0 fully saturated rings. The third kappa shape index (κ3) is 13.0. The van der Waals surface area contributed by atoms with Gasteiger partial charge < -0.3 is 9.47 Å². The number of hydrogen-bond acceptors (Lipinski definition) is 3. The maximum atomic E-state index is 11.5. The summed E-state index contributed by atoms with van der Waals surface area (Å²) in [5.41, 5.74) is 0.759. The predicted molar refractivity (Wildman–Crippen MR) is 101 cm³/mol. The van der Waals surface area contributed by atoms with Crippen LogP contribution in [0, 0.1) is 18.3 Å². The van der Waals surface area contributed by atoms with E-state index in [9.17, 15) is 4.79 Å². The molecule has 3 heteroatoms. The first kappa shape index (κ1) is 22.5. The van der Waals surface area contributed by atoms with E-state index in [1.54, 1.807) is 0 Å². The van der Waals surface area contributed by atoms with Crippen LogP contribution in [-0.4, -0.2) is 24.3 Å². The van der Waals surface area contributed by atoms with Gasteiger partial charge in [-0.25, -0.2) is 4.79 Å². The molecule has 24 heavy (non-hydrogen) atoms. The van der Waals surface area contributed by atoms with E-state index in [1.165, 1.54) is 6.08 Å². The third-order valence-corrected chi connectivity index (χ3v) is 3.64. The summed E-state index contributed by atoms with van der Waals surface area (Å²) in [5.74, 6) is 2.83. The minimum atomic E-state index is -0.283.